The molecule has 0 aliphatic carbocycles. The zero-order chi connectivity index (χ0) is 21.1. The fourth-order valence-corrected chi connectivity index (χ4v) is 3.90. The van der Waals surface area contributed by atoms with E-state index in [1.54, 1.807) is 22.4 Å². The summed E-state index contributed by atoms with van der Waals surface area (Å²) < 4.78 is 5.66. The van der Waals surface area contributed by atoms with E-state index in [9.17, 15) is 9.59 Å². The van der Waals surface area contributed by atoms with Gasteiger partial charge >= 0.3 is 6.03 Å². The van der Waals surface area contributed by atoms with Crippen molar-refractivity contribution in [2.45, 2.75) is 20.0 Å². The van der Waals surface area contributed by atoms with Crippen LogP contribution in [0.2, 0.25) is 0 Å². The molecule has 0 spiro atoms. The van der Waals surface area contributed by atoms with E-state index in [0.29, 0.717) is 24.5 Å². The smallest absolute Gasteiger partial charge is 0.321 e. The van der Waals surface area contributed by atoms with Gasteiger partial charge in [-0.25, -0.2) is 9.78 Å². The normalized spacial score (nSPS) is 13.4. The molecule has 0 atom stereocenters. The molecule has 2 heterocycles. The average Bonchev–Trinajstić information content (AvgIpc) is 3.38. The Bertz CT molecular complexity index is 1050. The van der Waals surface area contributed by atoms with Crippen molar-refractivity contribution in [1.82, 2.24) is 10.3 Å². The minimum atomic E-state index is -0.274. The van der Waals surface area contributed by atoms with Gasteiger partial charge in [-0.2, -0.15) is 0 Å². The van der Waals surface area contributed by atoms with Crippen molar-refractivity contribution in [3.63, 3.8) is 0 Å². The molecule has 4 rings (SSSR count). The van der Waals surface area contributed by atoms with Crippen LogP contribution in [0.3, 0.4) is 0 Å². The molecule has 3 aromatic rings. The lowest BCUT2D eigenvalue weighted by molar-refractivity contribution is 0.102. The Morgan fingerprint density at radius 2 is 1.90 bits per heavy atom. The largest absolute Gasteiger partial charge is 0.491 e. The third-order valence-electron chi connectivity index (χ3n) is 4.50. The van der Waals surface area contributed by atoms with Gasteiger partial charge in [-0.15, -0.1) is 11.3 Å². The topological polar surface area (TPSA) is 83.6 Å². The van der Waals surface area contributed by atoms with Gasteiger partial charge in [0.2, 0.25) is 0 Å². The molecule has 154 valence electrons. The van der Waals surface area contributed by atoms with Gasteiger partial charge in [-0.05, 0) is 62.4 Å². The second-order valence-electron chi connectivity index (χ2n) is 7.11. The summed E-state index contributed by atoms with van der Waals surface area (Å²) in [4.78, 5) is 30.4. The van der Waals surface area contributed by atoms with Gasteiger partial charge in [-0.1, -0.05) is 0 Å². The van der Waals surface area contributed by atoms with Crippen LogP contribution in [0, 0.1) is 0 Å². The first kappa shape index (κ1) is 19.9. The zero-order valence-electron chi connectivity index (χ0n) is 16.7. The van der Waals surface area contributed by atoms with Crippen LogP contribution in [0.4, 0.5) is 16.2 Å². The van der Waals surface area contributed by atoms with E-state index in [1.807, 2.05) is 50.2 Å². The number of hydrogen-bond acceptors (Lipinski definition) is 5. The third-order valence-corrected chi connectivity index (χ3v) is 5.39. The highest BCUT2D eigenvalue weighted by Crippen LogP contribution is 2.27. The molecule has 1 saturated heterocycles. The second kappa shape index (κ2) is 8.54. The van der Waals surface area contributed by atoms with E-state index in [-0.39, 0.29) is 18.0 Å². The number of benzene rings is 2. The van der Waals surface area contributed by atoms with E-state index in [1.165, 1.54) is 11.3 Å². The lowest BCUT2D eigenvalue weighted by atomic mass is 10.2. The number of ether oxygens (including phenoxy) is 1. The van der Waals surface area contributed by atoms with Gasteiger partial charge in [-0.3, -0.25) is 9.69 Å². The fourth-order valence-electron chi connectivity index (χ4n) is 3.10. The number of aromatic nitrogens is 1. The van der Waals surface area contributed by atoms with Gasteiger partial charge in [0.05, 0.1) is 6.10 Å². The molecule has 7 nitrogen and oxygen atoms in total. The fraction of sp³-hybridized carbons (Fsp3) is 0.227. The molecule has 0 bridgehead atoms. The number of urea groups is 1. The van der Waals surface area contributed by atoms with Crippen molar-refractivity contribution < 1.29 is 14.3 Å². The first-order chi connectivity index (χ1) is 14.5. The van der Waals surface area contributed by atoms with E-state index in [0.717, 1.165) is 22.0 Å². The summed E-state index contributed by atoms with van der Waals surface area (Å²) >= 11 is 1.42. The predicted octanol–water partition coefficient (Wildman–Crippen LogP) is 4.38. The van der Waals surface area contributed by atoms with E-state index in [2.05, 4.69) is 15.6 Å². The van der Waals surface area contributed by atoms with Crippen molar-refractivity contribution in [3.8, 4) is 16.3 Å². The highest BCUT2D eigenvalue weighted by atomic mass is 32.1. The Balaban J connectivity index is 1.41. The molecule has 2 N–H and O–H groups in total. The Kier molecular flexibility index (Phi) is 5.67. The minimum absolute atomic E-state index is 0.106. The third kappa shape index (κ3) is 4.44. The van der Waals surface area contributed by atoms with Crippen LogP contribution in [0.1, 0.15) is 24.3 Å². The molecule has 1 aliphatic heterocycles. The summed E-state index contributed by atoms with van der Waals surface area (Å²) in [6.07, 6.45) is 0.118. The number of rotatable bonds is 6. The van der Waals surface area contributed by atoms with Crippen molar-refractivity contribution in [1.29, 1.82) is 0 Å². The highest BCUT2D eigenvalue weighted by Gasteiger charge is 2.21. The van der Waals surface area contributed by atoms with Gasteiger partial charge < -0.3 is 15.4 Å². The number of hydrogen-bond donors (Lipinski definition) is 2. The molecule has 0 saturated carbocycles. The summed E-state index contributed by atoms with van der Waals surface area (Å²) in [6.45, 7) is 5.24. The number of carbonyl (C=O) groups excluding carboxylic acids is 2. The predicted molar refractivity (Wildman–Crippen MR) is 118 cm³/mol. The Morgan fingerprint density at radius 1 is 1.17 bits per heavy atom. The molecule has 2 aromatic carbocycles. The quantitative estimate of drug-likeness (QED) is 0.618. The first-order valence-electron chi connectivity index (χ1n) is 9.69. The van der Waals surface area contributed by atoms with Gasteiger partial charge in [0.1, 0.15) is 16.5 Å². The van der Waals surface area contributed by atoms with Crippen LogP contribution in [0.5, 0.6) is 5.75 Å². The molecule has 8 heteroatoms. The number of nitrogens with zero attached hydrogens (tertiary/aromatic N) is 2. The summed E-state index contributed by atoms with van der Waals surface area (Å²) in [5.74, 6) is 0.530. The Labute approximate surface area is 178 Å². The van der Waals surface area contributed by atoms with E-state index >= 15 is 0 Å². The molecule has 1 fully saturated rings. The number of anilines is 2. The van der Waals surface area contributed by atoms with E-state index < -0.39 is 0 Å². The summed E-state index contributed by atoms with van der Waals surface area (Å²) in [6, 6.07) is 14.8. The molecule has 1 aromatic heterocycles. The Morgan fingerprint density at radius 3 is 2.53 bits per heavy atom. The number of thiazole rings is 1. The van der Waals surface area contributed by atoms with Crippen LogP contribution in [-0.2, 0) is 0 Å². The summed E-state index contributed by atoms with van der Waals surface area (Å²) in [7, 11) is 0. The van der Waals surface area contributed by atoms with Crippen LogP contribution in [0.15, 0.2) is 53.9 Å². The molecule has 0 radical (unpaired) electrons. The zero-order valence-corrected chi connectivity index (χ0v) is 17.5. The van der Waals surface area contributed by atoms with Crippen molar-refractivity contribution in [2.24, 2.45) is 0 Å². The van der Waals surface area contributed by atoms with E-state index in [4.69, 9.17) is 4.74 Å². The van der Waals surface area contributed by atoms with Gasteiger partial charge in [0.25, 0.3) is 5.91 Å². The molecule has 3 amide bonds. The second-order valence-corrected chi connectivity index (χ2v) is 7.97. The summed E-state index contributed by atoms with van der Waals surface area (Å²) in [5.41, 5.74) is 2.74. The molecular weight excluding hydrogens is 400 g/mol. The minimum Gasteiger partial charge on any atom is -0.491 e. The van der Waals surface area contributed by atoms with Crippen molar-refractivity contribution in [2.75, 3.05) is 23.3 Å². The lowest BCUT2D eigenvalue weighted by Crippen LogP contribution is -2.27. The number of amides is 3. The first-order valence-corrected chi connectivity index (χ1v) is 10.6. The van der Waals surface area contributed by atoms with Crippen LogP contribution in [-0.4, -0.2) is 36.1 Å². The Hall–Kier alpha value is -3.39. The maximum atomic E-state index is 12.6. The number of nitrogens with one attached hydrogen (secondary N) is 2. The SMILES string of the molecule is CC(C)Oc1ccc(-c2nc(C(=O)Nc3ccc(N4CCNC4=O)cc3)cs2)cc1. The molecule has 0 unspecified atom stereocenters. The van der Waals surface area contributed by atoms with Gasteiger partial charge in [0.15, 0.2) is 0 Å². The maximum absolute atomic E-state index is 12.6. The standard InChI is InChI=1S/C22H22N4O3S/c1-14(2)29-18-9-3-15(4-10-18)21-25-19(13-30-21)20(27)24-16-5-7-17(8-6-16)26-12-11-23-22(26)28/h3-10,13-14H,11-12H2,1-2H3,(H,23,28)(H,24,27). The molecule has 30 heavy (non-hydrogen) atoms. The monoisotopic (exact) mass is 422 g/mol. The van der Waals surface area contributed by atoms with Crippen LogP contribution >= 0.6 is 11.3 Å². The highest BCUT2D eigenvalue weighted by molar-refractivity contribution is 7.13. The van der Waals surface area contributed by atoms with Crippen molar-refractivity contribution >= 4 is 34.6 Å². The molecular formula is C22H22N4O3S. The molecule has 1 aliphatic rings. The maximum Gasteiger partial charge on any atom is 0.321 e. The average molecular weight is 423 g/mol. The van der Waals surface area contributed by atoms with Crippen LogP contribution in [0.25, 0.3) is 10.6 Å². The van der Waals surface area contributed by atoms with Crippen LogP contribution < -0.4 is 20.3 Å². The van der Waals surface area contributed by atoms with Gasteiger partial charge in [0, 0.05) is 35.4 Å². The number of carbonyl (C=O) groups is 2. The summed E-state index contributed by atoms with van der Waals surface area (Å²) in [5, 5.41) is 8.13. The lowest BCUT2D eigenvalue weighted by Gasteiger charge is -2.14. The van der Waals surface area contributed by atoms with Crippen molar-refractivity contribution in [3.05, 3.63) is 59.6 Å².